The molecule has 10 heteroatoms. The number of anilines is 1. The number of Topliss-reactive ketones (excluding diaryl/α,β-unsaturated/α-hetero) is 1. The molecule has 5 rings (SSSR count). The second kappa shape index (κ2) is 8.21. The summed E-state index contributed by atoms with van der Waals surface area (Å²) in [4.78, 5) is 54.6. The molecular weight excluding hydrogens is 442 g/mol. The topological polar surface area (TPSA) is 119 Å². The number of hydrogen-bond acceptors (Lipinski definition) is 8. The molecule has 4 atom stereocenters. The van der Waals surface area contributed by atoms with E-state index in [0.29, 0.717) is 24.3 Å². The van der Waals surface area contributed by atoms with Gasteiger partial charge in [-0.2, -0.15) is 0 Å². The first kappa shape index (κ1) is 22.0. The first-order valence-corrected chi connectivity index (χ1v) is 11.0. The molecule has 3 fully saturated rings. The van der Waals surface area contributed by atoms with Gasteiger partial charge in [0, 0.05) is 23.7 Å². The summed E-state index contributed by atoms with van der Waals surface area (Å²) < 4.78 is 10.5. The molecule has 0 aromatic heterocycles. The SMILES string of the molecule is COc1ccc(C(=O)[C@@H]2[C@@H]3C(=O)N(c4cc([N+](=O)[O-])ccc4OC)C(=O)[C@@H]3[C@H]3CCCN32)cc1. The molecular formula is C24H23N3O7. The molecule has 0 radical (unpaired) electrons. The van der Waals surface area contributed by atoms with Gasteiger partial charge in [-0.05, 0) is 49.7 Å². The minimum atomic E-state index is -0.864. The Morgan fingerprint density at radius 3 is 2.38 bits per heavy atom. The van der Waals surface area contributed by atoms with Crippen LogP contribution in [0, 0.1) is 22.0 Å². The van der Waals surface area contributed by atoms with Crippen LogP contribution in [0.5, 0.6) is 11.5 Å². The third kappa shape index (κ3) is 3.17. The second-order valence-corrected chi connectivity index (χ2v) is 8.66. The lowest BCUT2D eigenvalue weighted by Gasteiger charge is -2.28. The van der Waals surface area contributed by atoms with E-state index < -0.39 is 34.6 Å². The van der Waals surface area contributed by atoms with Crippen molar-refractivity contribution < 1.29 is 28.8 Å². The van der Waals surface area contributed by atoms with Crippen LogP contribution in [0.15, 0.2) is 42.5 Å². The molecule has 0 saturated carbocycles. The van der Waals surface area contributed by atoms with Gasteiger partial charge in [-0.25, -0.2) is 4.90 Å². The molecule has 3 heterocycles. The number of nitro groups is 1. The van der Waals surface area contributed by atoms with E-state index in [-0.39, 0.29) is 28.9 Å². The number of nitro benzene ring substituents is 1. The quantitative estimate of drug-likeness (QED) is 0.276. The van der Waals surface area contributed by atoms with Crippen LogP contribution in [0.2, 0.25) is 0 Å². The molecule has 3 saturated heterocycles. The summed E-state index contributed by atoms with van der Waals surface area (Å²) >= 11 is 0. The van der Waals surface area contributed by atoms with E-state index in [1.165, 1.54) is 32.4 Å². The van der Waals surface area contributed by atoms with Gasteiger partial charge in [0.15, 0.2) is 5.78 Å². The highest BCUT2D eigenvalue weighted by Crippen LogP contribution is 2.50. The lowest BCUT2D eigenvalue weighted by molar-refractivity contribution is -0.384. The summed E-state index contributed by atoms with van der Waals surface area (Å²) in [6.07, 6.45) is 1.52. The highest BCUT2D eigenvalue weighted by atomic mass is 16.6. The Kier molecular flexibility index (Phi) is 5.32. The molecule has 2 aromatic carbocycles. The number of imide groups is 1. The molecule has 34 heavy (non-hydrogen) atoms. The highest BCUT2D eigenvalue weighted by Gasteiger charge is 2.65. The third-order valence-electron chi connectivity index (χ3n) is 7.11. The van der Waals surface area contributed by atoms with Crippen molar-refractivity contribution in [2.24, 2.45) is 11.8 Å². The first-order chi connectivity index (χ1) is 16.4. The van der Waals surface area contributed by atoms with Crippen LogP contribution >= 0.6 is 0 Å². The van der Waals surface area contributed by atoms with Crippen LogP contribution in [0.1, 0.15) is 23.2 Å². The number of ether oxygens (including phenoxy) is 2. The normalized spacial score (nSPS) is 25.9. The van der Waals surface area contributed by atoms with Crippen LogP contribution in [0.3, 0.4) is 0 Å². The number of methoxy groups -OCH3 is 2. The molecule has 0 aliphatic carbocycles. The van der Waals surface area contributed by atoms with Crippen molar-refractivity contribution in [3.05, 3.63) is 58.1 Å². The molecule has 3 aliphatic rings. The van der Waals surface area contributed by atoms with Gasteiger partial charge in [-0.3, -0.25) is 29.4 Å². The van der Waals surface area contributed by atoms with Gasteiger partial charge in [0.05, 0.1) is 37.0 Å². The Balaban J connectivity index is 1.56. The summed E-state index contributed by atoms with van der Waals surface area (Å²) in [7, 11) is 2.90. The molecule has 0 N–H and O–H groups in total. The molecule has 2 aromatic rings. The average Bonchev–Trinajstić information content (AvgIpc) is 3.50. The van der Waals surface area contributed by atoms with Crippen molar-refractivity contribution >= 4 is 29.0 Å². The molecule has 0 unspecified atom stereocenters. The maximum atomic E-state index is 13.7. The van der Waals surface area contributed by atoms with E-state index in [2.05, 4.69) is 0 Å². The molecule has 176 valence electrons. The fraction of sp³-hybridized carbons (Fsp3) is 0.375. The summed E-state index contributed by atoms with van der Waals surface area (Å²) in [5.74, 6) is -1.98. The number of hydrogen-bond donors (Lipinski definition) is 0. The van der Waals surface area contributed by atoms with Gasteiger partial charge in [0.2, 0.25) is 11.8 Å². The minimum absolute atomic E-state index is 0.0290. The van der Waals surface area contributed by atoms with Crippen LogP contribution < -0.4 is 14.4 Å². The summed E-state index contributed by atoms with van der Waals surface area (Å²) in [6.45, 7) is 0.630. The van der Waals surface area contributed by atoms with Crippen molar-refractivity contribution in [1.29, 1.82) is 0 Å². The number of carbonyl (C=O) groups is 3. The van der Waals surface area contributed by atoms with E-state index in [4.69, 9.17) is 9.47 Å². The zero-order chi connectivity index (χ0) is 24.1. The van der Waals surface area contributed by atoms with E-state index in [9.17, 15) is 24.5 Å². The predicted molar refractivity (Wildman–Crippen MR) is 120 cm³/mol. The fourth-order valence-corrected chi connectivity index (χ4v) is 5.65. The summed E-state index contributed by atoms with van der Waals surface area (Å²) in [5, 5.41) is 11.3. The molecule has 2 amide bonds. The van der Waals surface area contributed by atoms with Gasteiger partial charge in [-0.1, -0.05) is 0 Å². The molecule has 3 aliphatic heterocycles. The first-order valence-electron chi connectivity index (χ1n) is 11.0. The van der Waals surface area contributed by atoms with E-state index >= 15 is 0 Å². The van der Waals surface area contributed by atoms with Gasteiger partial charge >= 0.3 is 0 Å². The van der Waals surface area contributed by atoms with Gasteiger partial charge in [0.25, 0.3) is 5.69 Å². The third-order valence-corrected chi connectivity index (χ3v) is 7.11. The van der Waals surface area contributed by atoms with Crippen LogP contribution in [-0.2, 0) is 9.59 Å². The van der Waals surface area contributed by atoms with Crippen molar-refractivity contribution in [2.75, 3.05) is 25.7 Å². The Bertz CT molecular complexity index is 1200. The molecule has 10 nitrogen and oxygen atoms in total. The molecule has 0 spiro atoms. The van der Waals surface area contributed by atoms with Crippen molar-refractivity contribution in [1.82, 2.24) is 4.90 Å². The Morgan fingerprint density at radius 1 is 1.03 bits per heavy atom. The highest BCUT2D eigenvalue weighted by molar-refractivity contribution is 6.25. The minimum Gasteiger partial charge on any atom is -0.497 e. The number of rotatable bonds is 6. The lowest BCUT2D eigenvalue weighted by Crippen LogP contribution is -2.46. The summed E-state index contributed by atoms with van der Waals surface area (Å²) in [5.41, 5.74) is 0.201. The summed E-state index contributed by atoms with van der Waals surface area (Å²) in [6, 6.07) is 9.45. The number of fused-ring (bicyclic) bond motifs is 3. The van der Waals surface area contributed by atoms with Gasteiger partial charge < -0.3 is 9.47 Å². The fourth-order valence-electron chi connectivity index (χ4n) is 5.65. The van der Waals surface area contributed by atoms with E-state index in [1.54, 1.807) is 24.3 Å². The van der Waals surface area contributed by atoms with Crippen molar-refractivity contribution in [3.8, 4) is 11.5 Å². The number of carbonyl (C=O) groups excluding carboxylic acids is 3. The Hall–Kier alpha value is -3.79. The average molecular weight is 465 g/mol. The van der Waals surface area contributed by atoms with Crippen molar-refractivity contribution in [3.63, 3.8) is 0 Å². The number of benzene rings is 2. The number of nitrogens with zero attached hydrogens (tertiary/aromatic N) is 3. The maximum absolute atomic E-state index is 13.7. The Labute approximate surface area is 195 Å². The zero-order valence-electron chi connectivity index (χ0n) is 18.7. The van der Waals surface area contributed by atoms with Gasteiger partial charge in [0.1, 0.15) is 17.2 Å². The number of ketones is 1. The molecule has 0 bridgehead atoms. The lowest BCUT2D eigenvalue weighted by atomic mass is 9.85. The van der Waals surface area contributed by atoms with Crippen molar-refractivity contribution in [2.45, 2.75) is 24.9 Å². The standard InChI is InChI=1S/C24H23N3O7/c1-33-15-8-5-13(6-9-15)22(28)21-20-19(16-4-3-11-25(16)21)23(29)26(24(20)30)17-12-14(27(31)32)7-10-18(17)34-2/h5-10,12,16,19-21H,3-4,11H2,1-2H3/t16-,19-,20-,21+/m1/s1. The van der Waals surface area contributed by atoms with Crippen LogP contribution in [-0.4, -0.2) is 60.3 Å². The number of amides is 2. The van der Waals surface area contributed by atoms with E-state index in [1.807, 2.05) is 4.90 Å². The van der Waals surface area contributed by atoms with E-state index in [0.717, 1.165) is 11.3 Å². The maximum Gasteiger partial charge on any atom is 0.271 e. The van der Waals surface area contributed by atoms with Crippen LogP contribution in [0.4, 0.5) is 11.4 Å². The zero-order valence-corrected chi connectivity index (χ0v) is 18.7. The van der Waals surface area contributed by atoms with Crippen LogP contribution in [0.25, 0.3) is 0 Å². The predicted octanol–water partition coefficient (Wildman–Crippen LogP) is 2.45. The second-order valence-electron chi connectivity index (χ2n) is 8.66. The Morgan fingerprint density at radius 2 is 1.74 bits per heavy atom. The van der Waals surface area contributed by atoms with Gasteiger partial charge in [-0.15, -0.1) is 0 Å². The number of non-ortho nitro benzene ring substituents is 1. The smallest absolute Gasteiger partial charge is 0.271 e. The largest absolute Gasteiger partial charge is 0.497 e. The monoisotopic (exact) mass is 465 g/mol.